The summed E-state index contributed by atoms with van der Waals surface area (Å²) in [5.41, 5.74) is 6.66. The lowest BCUT2D eigenvalue weighted by Gasteiger charge is -2.31. The summed E-state index contributed by atoms with van der Waals surface area (Å²) in [6.07, 6.45) is 0.956. The van der Waals surface area contributed by atoms with E-state index >= 15 is 0 Å². The maximum atomic E-state index is 12.4. The Hall–Kier alpha value is -1.59. The van der Waals surface area contributed by atoms with Crippen molar-refractivity contribution < 1.29 is 14.3 Å². The SMILES string of the molecule is COc1ccc(C(C)=O)cc1CC(=O)NC(C)(CN)CC(C)C.Cl. The molecule has 0 saturated carbocycles. The van der Waals surface area contributed by atoms with Crippen LogP contribution in [0.1, 0.15) is 50.0 Å². The number of amides is 1. The molecule has 1 unspecified atom stereocenters. The van der Waals surface area contributed by atoms with E-state index in [1.165, 1.54) is 6.92 Å². The maximum Gasteiger partial charge on any atom is 0.225 e. The van der Waals surface area contributed by atoms with E-state index in [-0.39, 0.29) is 30.5 Å². The van der Waals surface area contributed by atoms with Gasteiger partial charge in [-0.2, -0.15) is 0 Å². The summed E-state index contributed by atoms with van der Waals surface area (Å²) in [5, 5.41) is 3.02. The van der Waals surface area contributed by atoms with Crippen LogP contribution in [0.4, 0.5) is 0 Å². The van der Waals surface area contributed by atoms with Crippen molar-refractivity contribution in [1.82, 2.24) is 5.32 Å². The number of hydrogen-bond donors (Lipinski definition) is 2. The second kappa shape index (κ2) is 9.64. The topological polar surface area (TPSA) is 81.4 Å². The van der Waals surface area contributed by atoms with Gasteiger partial charge in [0, 0.05) is 23.2 Å². The Labute approximate surface area is 150 Å². The highest BCUT2D eigenvalue weighted by atomic mass is 35.5. The number of carbonyl (C=O) groups excluding carboxylic acids is 2. The van der Waals surface area contributed by atoms with Crippen molar-refractivity contribution in [2.45, 2.75) is 46.1 Å². The Balaban J connectivity index is 0.00000529. The number of nitrogens with one attached hydrogen (secondary N) is 1. The van der Waals surface area contributed by atoms with Crippen LogP contribution in [-0.4, -0.2) is 30.9 Å². The van der Waals surface area contributed by atoms with Gasteiger partial charge in [0.05, 0.1) is 13.5 Å². The van der Waals surface area contributed by atoms with E-state index < -0.39 is 5.54 Å². The van der Waals surface area contributed by atoms with Crippen molar-refractivity contribution in [1.29, 1.82) is 0 Å². The molecule has 1 amide bonds. The molecule has 1 aromatic rings. The van der Waals surface area contributed by atoms with Gasteiger partial charge >= 0.3 is 0 Å². The van der Waals surface area contributed by atoms with Gasteiger partial charge in [-0.3, -0.25) is 9.59 Å². The number of rotatable bonds is 8. The number of methoxy groups -OCH3 is 1. The predicted molar refractivity (Wildman–Crippen MR) is 99.0 cm³/mol. The van der Waals surface area contributed by atoms with E-state index in [2.05, 4.69) is 19.2 Å². The van der Waals surface area contributed by atoms with E-state index in [9.17, 15) is 9.59 Å². The van der Waals surface area contributed by atoms with Gasteiger partial charge in [-0.1, -0.05) is 13.8 Å². The van der Waals surface area contributed by atoms with Crippen molar-refractivity contribution in [2.24, 2.45) is 11.7 Å². The van der Waals surface area contributed by atoms with E-state index in [1.54, 1.807) is 25.3 Å². The van der Waals surface area contributed by atoms with Gasteiger partial charge in [-0.05, 0) is 44.4 Å². The third kappa shape index (κ3) is 6.49. The van der Waals surface area contributed by atoms with Crippen LogP contribution in [0.3, 0.4) is 0 Å². The second-order valence-corrected chi connectivity index (χ2v) is 6.67. The van der Waals surface area contributed by atoms with Gasteiger partial charge in [-0.15, -0.1) is 12.4 Å². The fourth-order valence-corrected chi connectivity index (χ4v) is 2.78. The second-order valence-electron chi connectivity index (χ2n) is 6.67. The molecule has 0 spiro atoms. The number of Topliss-reactive ketones (excluding diaryl/α,β-unsaturated/α-hetero) is 1. The molecule has 1 aromatic carbocycles. The van der Waals surface area contributed by atoms with Gasteiger partial charge in [0.1, 0.15) is 5.75 Å². The van der Waals surface area contributed by atoms with Crippen molar-refractivity contribution >= 4 is 24.1 Å². The molecule has 3 N–H and O–H groups in total. The molecule has 0 aliphatic heterocycles. The lowest BCUT2D eigenvalue weighted by Crippen LogP contribution is -2.52. The largest absolute Gasteiger partial charge is 0.496 e. The normalized spacial score (nSPS) is 13.0. The van der Waals surface area contributed by atoms with Gasteiger partial charge < -0.3 is 15.8 Å². The van der Waals surface area contributed by atoms with Crippen LogP contribution in [0.15, 0.2) is 18.2 Å². The van der Waals surface area contributed by atoms with Crippen molar-refractivity contribution in [2.75, 3.05) is 13.7 Å². The van der Waals surface area contributed by atoms with Crippen LogP contribution >= 0.6 is 12.4 Å². The van der Waals surface area contributed by atoms with Crippen LogP contribution in [0.5, 0.6) is 5.75 Å². The molecular weight excluding hydrogens is 328 g/mol. The highest BCUT2D eigenvalue weighted by molar-refractivity contribution is 5.94. The van der Waals surface area contributed by atoms with Crippen molar-refractivity contribution in [3.8, 4) is 5.75 Å². The summed E-state index contributed by atoms with van der Waals surface area (Å²) in [6, 6.07) is 5.13. The standard InChI is InChI=1S/C18H28N2O3.ClH/c1-12(2)10-18(4,11-19)20-17(22)9-15-8-14(13(3)21)6-7-16(15)23-5;/h6-8,12H,9-11,19H2,1-5H3,(H,20,22);1H. The summed E-state index contributed by atoms with van der Waals surface area (Å²) >= 11 is 0. The number of nitrogens with two attached hydrogens (primary N) is 1. The summed E-state index contributed by atoms with van der Waals surface area (Å²) in [4.78, 5) is 23.9. The number of benzene rings is 1. The lowest BCUT2D eigenvalue weighted by atomic mass is 9.90. The fraction of sp³-hybridized carbons (Fsp3) is 0.556. The predicted octanol–water partition coefficient (Wildman–Crippen LogP) is 2.74. The highest BCUT2D eigenvalue weighted by Gasteiger charge is 2.26. The van der Waals surface area contributed by atoms with E-state index in [1.807, 2.05) is 6.92 Å². The number of ketones is 1. The van der Waals surface area contributed by atoms with Crippen LogP contribution < -0.4 is 15.8 Å². The quantitative estimate of drug-likeness (QED) is 0.702. The Bertz CT molecular complexity index is 575. The molecule has 6 heteroatoms. The maximum absolute atomic E-state index is 12.4. The number of carbonyl (C=O) groups is 2. The number of halogens is 1. The zero-order valence-electron chi connectivity index (χ0n) is 15.1. The molecule has 5 nitrogen and oxygen atoms in total. The first-order valence-corrected chi connectivity index (χ1v) is 7.89. The Morgan fingerprint density at radius 2 is 1.96 bits per heavy atom. The van der Waals surface area contributed by atoms with Gasteiger partial charge in [-0.25, -0.2) is 0 Å². The molecular formula is C18H29ClN2O3. The summed E-state index contributed by atoms with van der Waals surface area (Å²) in [7, 11) is 1.55. The molecule has 1 rings (SSSR count). The molecule has 0 aliphatic rings. The Kier molecular flexibility index (Phi) is 9.01. The molecule has 24 heavy (non-hydrogen) atoms. The average Bonchev–Trinajstić information content (AvgIpc) is 2.45. The smallest absolute Gasteiger partial charge is 0.225 e. The van der Waals surface area contributed by atoms with Crippen molar-refractivity contribution in [3.63, 3.8) is 0 Å². The minimum atomic E-state index is -0.434. The molecule has 0 saturated heterocycles. The number of hydrogen-bond acceptors (Lipinski definition) is 4. The third-order valence-corrected chi connectivity index (χ3v) is 3.79. The van der Waals surface area contributed by atoms with Crippen LogP contribution in [0.2, 0.25) is 0 Å². The first-order chi connectivity index (χ1) is 10.7. The molecule has 0 bridgehead atoms. The Morgan fingerprint density at radius 3 is 2.42 bits per heavy atom. The molecule has 0 aromatic heterocycles. The summed E-state index contributed by atoms with van der Waals surface area (Å²) < 4.78 is 5.29. The van der Waals surface area contributed by atoms with E-state index in [0.29, 0.717) is 29.3 Å². The molecule has 136 valence electrons. The average molecular weight is 357 g/mol. The Morgan fingerprint density at radius 1 is 1.33 bits per heavy atom. The summed E-state index contributed by atoms with van der Waals surface area (Å²) in [5.74, 6) is 0.862. The van der Waals surface area contributed by atoms with Crippen molar-refractivity contribution in [3.05, 3.63) is 29.3 Å². The third-order valence-electron chi connectivity index (χ3n) is 3.79. The molecule has 0 radical (unpaired) electrons. The fourth-order valence-electron chi connectivity index (χ4n) is 2.78. The monoisotopic (exact) mass is 356 g/mol. The molecule has 0 fully saturated rings. The zero-order valence-corrected chi connectivity index (χ0v) is 16.0. The van der Waals surface area contributed by atoms with Crippen LogP contribution in [0, 0.1) is 5.92 Å². The van der Waals surface area contributed by atoms with Gasteiger partial charge in [0.15, 0.2) is 5.78 Å². The first-order valence-electron chi connectivity index (χ1n) is 7.89. The van der Waals surface area contributed by atoms with Gasteiger partial charge in [0.25, 0.3) is 0 Å². The van der Waals surface area contributed by atoms with Crippen LogP contribution in [0.25, 0.3) is 0 Å². The number of ether oxygens (including phenoxy) is 1. The minimum absolute atomic E-state index is 0. The zero-order chi connectivity index (χ0) is 17.6. The van der Waals surface area contributed by atoms with E-state index in [4.69, 9.17) is 10.5 Å². The molecule has 1 atom stereocenters. The summed E-state index contributed by atoms with van der Waals surface area (Å²) in [6.45, 7) is 8.02. The lowest BCUT2D eigenvalue weighted by molar-refractivity contribution is -0.122. The van der Waals surface area contributed by atoms with Crippen LogP contribution in [-0.2, 0) is 11.2 Å². The first kappa shape index (κ1) is 22.4. The van der Waals surface area contributed by atoms with E-state index in [0.717, 1.165) is 6.42 Å². The molecule has 0 heterocycles. The molecule has 0 aliphatic carbocycles. The minimum Gasteiger partial charge on any atom is -0.496 e. The van der Waals surface area contributed by atoms with Gasteiger partial charge in [0.2, 0.25) is 5.91 Å². The highest BCUT2D eigenvalue weighted by Crippen LogP contribution is 2.22.